The molecule has 0 aliphatic rings. The molecule has 0 spiro atoms. The summed E-state index contributed by atoms with van der Waals surface area (Å²) in [6.07, 6.45) is 1.75. The molecule has 0 bridgehead atoms. The Morgan fingerprint density at radius 1 is 1.09 bits per heavy atom. The lowest BCUT2D eigenvalue weighted by Gasteiger charge is -2.18. The van der Waals surface area contributed by atoms with Gasteiger partial charge in [0.15, 0.2) is 5.11 Å². The standard InChI is InChI=1S/C19H21N3S/c1-3-14-20-19(23)22-21-15(2)18(16-10-6-4-7-11-16)17-12-8-5-9-13-17/h3-13,18H,1,14H2,2H3,(H2,20,22,23)/b21-15-. The first kappa shape index (κ1) is 16.9. The van der Waals surface area contributed by atoms with Gasteiger partial charge in [-0.25, -0.2) is 0 Å². The lowest BCUT2D eigenvalue weighted by atomic mass is 9.88. The molecule has 118 valence electrons. The summed E-state index contributed by atoms with van der Waals surface area (Å²) in [7, 11) is 0. The van der Waals surface area contributed by atoms with Gasteiger partial charge >= 0.3 is 0 Å². The van der Waals surface area contributed by atoms with E-state index < -0.39 is 0 Å². The minimum Gasteiger partial charge on any atom is -0.358 e. The van der Waals surface area contributed by atoms with Crippen LogP contribution in [0.4, 0.5) is 0 Å². The molecule has 0 saturated heterocycles. The Kier molecular flexibility index (Phi) is 6.51. The van der Waals surface area contributed by atoms with E-state index in [1.165, 1.54) is 11.1 Å². The molecule has 4 heteroatoms. The van der Waals surface area contributed by atoms with Crippen molar-refractivity contribution >= 4 is 23.0 Å². The number of rotatable bonds is 6. The quantitative estimate of drug-likeness (QED) is 0.367. The molecule has 3 nitrogen and oxygen atoms in total. The Labute approximate surface area is 143 Å². The zero-order chi connectivity index (χ0) is 16.5. The zero-order valence-corrected chi connectivity index (χ0v) is 14.0. The number of thiocarbonyl (C=S) groups is 1. The predicted octanol–water partition coefficient (Wildman–Crippen LogP) is 3.84. The van der Waals surface area contributed by atoms with Crippen molar-refractivity contribution in [2.75, 3.05) is 6.54 Å². The van der Waals surface area contributed by atoms with Crippen molar-refractivity contribution in [2.45, 2.75) is 12.8 Å². The fourth-order valence-electron chi connectivity index (χ4n) is 2.37. The van der Waals surface area contributed by atoms with Crippen LogP contribution in [0.5, 0.6) is 0 Å². The van der Waals surface area contributed by atoms with E-state index in [1.807, 2.05) is 43.3 Å². The van der Waals surface area contributed by atoms with E-state index in [-0.39, 0.29) is 5.92 Å². The van der Waals surface area contributed by atoms with Crippen LogP contribution in [0.3, 0.4) is 0 Å². The molecule has 0 aliphatic carbocycles. The van der Waals surface area contributed by atoms with Crippen LogP contribution in [0.2, 0.25) is 0 Å². The smallest absolute Gasteiger partial charge is 0.187 e. The lowest BCUT2D eigenvalue weighted by Crippen LogP contribution is -2.33. The van der Waals surface area contributed by atoms with Gasteiger partial charge in [-0.15, -0.1) is 6.58 Å². The predicted molar refractivity (Wildman–Crippen MR) is 102 cm³/mol. The van der Waals surface area contributed by atoms with Crippen LogP contribution in [-0.4, -0.2) is 17.4 Å². The fraction of sp³-hybridized carbons (Fsp3) is 0.158. The van der Waals surface area contributed by atoms with Gasteiger partial charge in [0.05, 0.1) is 0 Å². The zero-order valence-electron chi connectivity index (χ0n) is 13.2. The molecule has 0 heterocycles. The first-order chi connectivity index (χ1) is 11.2. The Morgan fingerprint density at radius 3 is 2.09 bits per heavy atom. The average molecular weight is 323 g/mol. The minimum absolute atomic E-state index is 0.0899. The molecular weight excluding hydrogens is 302 g/mol. The molecule has 0 aromatic heterocycles. The maximum atomic E-state index is 5.18. The molecule has 0 unspecified atom stereocenters. The molecule has 2 rings (SSSR count). The maximum Gasteiger partial charge on any atom is 0.187 e. The third kappa shape index (κ3) is 5.04. The second-order valence-corrected chi connectivity index (χ2v) is 5.53. The highest BCUT2D eigenvalue weighted by molar-refractivity contribution is 7.80. The van der Waals surface area contributed by atoms with E-state index in [0.29, 0.717) is 11.7 Å². The SMILES string of the molecule is C=CCNC(=S)N/N=C(/C)C(c1ccccc1)c1ccccc1. The van der Waals surface area contributed by atoms with Crippen molar-refractivity contribution in [1.82, 2.24) is 10.7 Å². The molecule has 0 radical (unpaired) electrons. The number of hydrogen-bond acceptors (Lipinski definition) is 2. The Morgan fingerprint density at radius 2 is 1.61 bits per heavy atom. The van der Waals surface area contributed by atoms with Gasteiger partial charge in [-0.1, -0.05) is 66.7 Å². The molecular formula is C19H21N3S. The molecule has 0 fully saturated rings. The van der Waals surface area contributed by atoms with Crippen molar-refractivity contribution in [3.8, 4) is 0 Å². The van der Waals surface area contributed by atoms with E-state index in [9.17, 15) is 0 Å². The van der Waals surface area contributed by atoms with Crippen molar-refractivity contribution in [3.05, 3.63) is 84.4 Å². The van der Waals surface area contributed by atoms with Crippen LogP contribution < -0.4 is 10.7 Å². The second-order valence-electron chi connectivity index (χ2n) is 5.12. The van der Waals surface area contributed by atoms with Crippen molar-refractivity contribution in [1.29, 1.82) is 0 Å². The molecule has 23 heavy (non-hydrogen) atoms. The average Bonchev–Trinajstić information content (AvgIpc) is 2.60. The summed E-state index contributed by atoms with van der Waals surface area (Å²) < 4.78 is 0. The van der Waals surface area contributed by atoms with E-state index >= 15 is 0 Å². The monoisotopic (exact) mass is 323 g/mol. The molecule has 0 atom stereocenters. The van der Waals surface area contributed by atoms with Crippen molar-refractivity contribution < 1.29 is 0 Å². The summed E-state index contributed by atoms with van der Waals surface area (Å²) in [6.45, 7) is 6.27. The van der Waals surface area contributed by atoms with Gasteiger partial charge < -0.3 is 5.32 Å². The van der Waals surface area contributed by atoms with E-state index in [4.69, 9.17) is 12.2 Å². The third-order valence-electron chi connectivity index (χ3n) is 3.42. The van der Waals surface area contributed by atoms with Crippen LogP contribution in [0, 0.1) is 0 Å². The van der Waals surface area contributed by atoms with Gasteiger partial charge in [-0.2, -0.15) is 5.10 Å². The molecule has 0 saturated carbocycles. The summed E-state index contributed by atoms with van der Waals surface area (Å²) >= 11 is 5.18. The molecule has 0 amide bonds. The number of nitrogens with zero attached hydrogens (tertiary/aromatic N) is 1. The van der Waals surface area contributed by atoms with E-state index in [0.717, 1.165) is 5.71 Å². The van der Waals surface area contributed by atoms with Crippen LogP contribution in [0.1, 0.15) is 24.0 Å². The van der Waals surface area contributed by atoms with Crippen LogP contribution in [-0.2, 0) is 0 Å². The number of hydrogen-bond donors (Lipinski definition) is 2. The van der Waals surface area contributed by atoms with Crippen molar-refractivity contribution in [3.63, 3.8) is 0 Å². The van der Waals surface area contributed by atoms with Crippen LogP contribution in [0.15, 0.2) is 78.4 Å². The van der Waals surface area contributed by atoms with Gasteiger partial charge in [-0.05, 0) is 30.3 Å². The topological polar surface area (TPSA) is 36.4 Å². The maximum absolute atomic E-state index is 5.18. The highest BCUT2D eigenvalue weighted by Gasteiger charge is 2.17. The highest BCUT2D eigenvalue weighted by Crippen LogP contribution is 2.25. The first-order valence-electron chi connectivity index (χ1n) is 7.51. The van der Waals surface area contributed by atoms with Gasteiger partial charge in [0.1, 0.15) is 0 Å². The van der Waals surface area contributed by atoms with Crippen LogP contribution in [0.25, 0.3) is 0 Å². The highest BCUT2D eigenvalue weighted by atomic mass is 32.1. The Balaban J connectivity index is 2.24. The molecule has 2 aromatic carbocycles. The summed E-state index contributed by atoms with van der Waals surface area (Å²) in [6, 6.07) is 20.7. The summed E-state index contributed by atoms with van der Waals surface area (Å²) in [5, 5.41) is 7.95. The molecule has 0 aliphatic heterocycles. The van der Waals surface area contributed by atoms with E-state index in [1.54, 1.807) is 6.08 Å². The Bertz CT molecular complexity index is 626. The summed E-state index contributed by atoms with van der Waals surface area (Å²) in [4.78, 5) is 0. The number of benzene rings is 2. The summed E-state index contributed by atoms with van der Waals surface area (Å²) in [5.74, 6) is 0.0899. The molecule has 2 N–H and O–H groups in total. The lowest BCUT2D eigenvalue weighted by molar-refractivity contribution is 0.918. The van der Waals surface area contributed by atoms with Crippen molar-refractivity contribution in [2.24, 2.45) is 5.10 Å². The third-order valence-corrected chi connectivity index (χ3v) is 3.66. The fourth-order valence-corrected chi connectivity index (χ4v) is 2.50. The normalized spacial score (nSPS) is 11.1. The van der Waals surface area contributed by atoms with Crippen LogP contribution >= 0.6 is 12.2 Å². The van der Waals surface area contributed by atoms with Gasteiger partial charge in [-0.3, -0.25) is 5.43 Å². The van der Waals surface area contributed by atoms with Gasteiger partial charge in [0.2, 0.25) is 0 Å². The second kappa shape index (κ2) is 8.86. The first-order valence-corrected chi connectivity index (χ1v) is 7.92. The summed E-state index contributed by atoms with van der Waals surface area (Å²) in [5.41, 5.74) is 6.25. The van der Waals surface area contributed by atoms with E-state index in [2.05, 4.69) is 46.7 Å². The molecule has 2 aromatic rings. The van der Waals surface area contributed by atoms with Gasteiger partial charge in [0.25, 0.3) is 0 Å². The number of nitrogens with one attached hydrogen (secondary N) is 2. The number of hydrazone groups is 1. The van der Waals surface area contributed by atoms with Gasteiger partial charge in [0, 0.05) is 18.2 Å². The Hall–Kier alpha value is -2.46. The minimum atomic E-state index is 0.0899. The largest absolute Gasteiger partial charge is 0.358 e.